The third kappa shape index (κ3) is 6.99. The number of hydrogen-bond donors (Lipinski definition) is 2. The van der Waals surface area contributed by atoms with E-state index in [1.165, 1.54) is 26.0 Å². The quantitative estimate of drug-likeness (QED) is 0.171. The molecule has 0 radical (unpaired) electrons. The van der Waals surface area contributed by atoms with Crippen LogP contribution in [0.15, 0.2) is 71.6 Å². The van der Waals surface area contributed by atoms with Crippen molar-refractivity contribution >= 4 is 40.9 Å². The molecule has 0 unspecified atom stereocenters. The number of para-hydroxylation sites is 1. The largest absolute Gasteiger partial charge is 0.496 e. The molecule has 0 bridgehead atoms. The summed E-state index contributed by atoms with van der Waals surface area (Å²) in [4.78, 5) is 26.6. The normalized spacial score (nSPS) is 11.1. The highest BCUT2D eigenvalue weighted by Gasteiger charge is 2.38. The minimum atomic E-state index is -1.59. The monoisotopic (exact) mass is 558 g/mol. The highest BCUT2D eigenvalue weighted by atomic mass is 35.5. The van der Waals surface area contributed by atoms with Crippen molar-refractivity contribution in [3.05, 3.63) is 83.4 Å². The average Bonchev–Trinajstić information content (AvgIpc) is 2.96. The molecule has 3 rings (SSSR count). The van der Waals surface area contributed by atoms with E-state index in [1.807, 2.05) is 54.6 Å². The van der Waals surface area contributed by atoms with Gasteiger partial charge in [0, 0.05) is 36.1 Å². The Morgan fingerprint density at radius 1 is 0.895 bits per heavy atom. The first kappa shape index (κ1) is 29.3. The van der Waals surface area contributed by atoms with Crippen molar-refractivity contribution in [2.24, 2.45) is 0 Å². The Kier molecular flexibility index (Phi) is 10.8. The first-order valence-electron chi connectivity index (χ1n) is 11.7. The molecule has 3 aromatic rings. The number of halogens is 1. The number of ether oxygens (including phenoxy) is 4. The summed E-state index contributed by atoms with van der Waals surface area (Å²) in [6.07, 6.45) is 0. The van der Waals surface area contributed by atoms with Gasteiger partial charge in [0.2, 0.25) is 0 Å². The van der Waals surface area contributed by atoms with Gasteiger partial charge in [-0.1, -0.05) is 30.3 Å². The molecule has 0 saturated carbocycles. The number of hydrogen-bond acceptors (Lipinski definition) is 7. The third-order valence-corrected chi connectivity index (χ3v) is 7.29. The summed E-state index contributed by atoms with van der Waals surface area (Å²) in [7, 11) is 5.88. The van der Waals surface area contributed by atoms with Gasteiger partial charge >= 0.3 is 0 Å². The van der Waals surface area contributed by atoms with Crippen molar-refractivity contribution < 1.29 is 28.5 Å². The summed E-state index contributed by atoms with van der Waals surface area (Å²) in [5.41, 5.74) is 2.79. The number of carbonyl (C=O) groups excluding carboxylic acids is 2. The molecule has 38 heavy (non-hydrogen) atoms. The first-order valence-corrected chi connectivity index (χ1v) is 13.2. The Morgan fingerprint density at radius 2 is 1.55 bits per heavy atom. The number of anilines is 1. The van der Waals surface area contributed by atoms with Gasteiger partial charge in [-0.25, -0.2) is 0 Å². The predicted octanol–water partition coefficient (Wildman–Crippen LogP) is 5.09. The summed E-state index contributed by atoms with van der Waals surface area (Å²) in [5.74, 6) is -0.644. The molecular formula is C28H31ClN2O6S. The zero-order valence-corrected chi connectivity index (χ0v) is 23.3. The summed E-state index contributed by atoms with van der Waals surface area (Å²) >= 11 is 7.47. The molecule has 0 saturated heterocycles. The minimum Gasteiger partial charge on any atom is -0.496 e. The number of nitrogens with one attached hydrogen (secondary N) is 2. The number of rotatable bonds is 13. The van der Waals surface area contributed by atoms with Crippen LogP contribution in [0.1, 0.15) is 21.5 Å². The molecular weight excluding hydrogens is 528 g/mol. The van der Waals surface area contributed by atoms with Gasteiger partial charge in [0.25, 0.3) is 17.6 Å². The van der Waals surface area contributed by atoms with Gasteiger partial charge in [0.1, 0.15) is 11.5 Å². The van der Waals surface area contributed by atoms with Crippen LogP contribution in [-0.2, 0) is 26.6 Å². The maximum atomic E-state index is 12.9. The molecule has 2 N–H and O–H groups in total. The van der Waals surface area contributed by atoms with Gasteiger partial charge < -0.3 is 29.6 Å². The lowest BCUT2D eigenvalue weighted by molar-refractivity contribution is -0.194. The predicted molar refractivity (Wildman–Crippen MR) is 149 cm³/mol. The van der Waals surface area contributed by atoms with E-state index in [1.54, 1.807) is 26.4 Å². The van der Waals surface area contributed by atoms with Crippen molar-refractivity contribution in [1.82, 2.24) is 5.32 Å². The number of methoxy groups -OCH3 is 4. The summed E-state index contributed by atoms with van der Waals surface area (Å²) in [6.45, 7) is 0.253. The molecule has 0 aliphatic carbocycles. The Labute approximate surface area is 231 Å². The molecule has 0 atom stereocenters. The van der Waals surface area contributed by atoms with Crippen LogP contribution < -0.4 is 20.1 Å². The number of amides is 2. The van der Waals surface area contributed by atoms with E-state index < -0.39 is 11.7 Å². The zero-order valence-electron chi connectivity index (χ0n) is 21.7. The Balaban J connectivity index is 1.68. The van der Waals surface area contributed by atoms with Crippen LogP contribution in [0.5, 0.6) is 11.5 Å². The number of carbonyl (C=O) groups is 2. The van der Waals surface area contributed by atoms with E-state index in [0.29, 0.717) is 28.5 Å². The van der Waals surface area contributed by atoms with Gasteiger partial charge in [-0.2, -0.15) is 0 Å². The molecule has 202 valence electrons. The zero-order chi connectivity index (χ0) is 27.5. The van der Waals surface area contributed by atoms with E-state index in [4.69, 9.17) is 30.5 Å². The summed E-state index contributed by atoms with van der Waals surface area (Å²) < 4.78 is 21.3. The van der Waals surface area contributed by atoms with Gasteiger partial charge in [0.05, 0.1) is 32.2 Å². The molecule has 0 aliphatic heterocycles. The first-order chi connectivity index (χ1) is 18.4. The Hall–Kier alpha value is -3.24. The van der Waals surface area contributed by atoms with E-state index in [9.17, 15) is 9.59 Å². The van der Waals surface area contributed by atoms with E-state index in [-0.39, 0.29) is 18.3 Å². The third-order valence-electron chi connectivity index (χ3n) is 5.89. The Morgan fingerprint density at radius 3 is 2.18 bits per heavy atom. The lowest BCUT2D eigenvalue weighted by Crippen LogP contribution is -2.48. The average molecular weight is 559 g/mol. The number of benzene rings is 3. The second-order valence-electron chi connectivity index (χ2n) is 8.05. The van der Waals surface area contributed by atoms with Crippen LogP contribution in [-0.4, -0.2) is 51.9 Å². The lowest BCUT2D eigenvalue weighted by atomic mass is 10.1. The van der Waals surface area contributed by atoms with E-state index in [2.05, 4.69) is 10.6 Å². The van der Waals surface area contributed by atoms with Crippen LogP contribution in [0.25, 0.3) is 0 Å². The van der Waals surface area contributed by atoms with Crippen LogP contribution in [0, 0.1) is 0 Å². The van der Waals surface area contributed by atoms with Crippen LogP contribution in [0.3, 0.4) is 0 Å². The van der Waals surface area contributed by atoms with Gasteiger partial charge in [0.15, 0.2) is 0 Å². The second kappa shape index (κ2) is 14.1. The molecule has 0 heterocycles. The Bertz CT molecular complexity index is 1220. The summed E-state index contributed by atoms with van der Waals surface area (Å²) in [5, 5.41) is 5.79. The lowest BCUT2D eigenvalue weighted by Gasteiger charge is -2.27. The van der Waals surface area contributed by atoms with Crippen LogP contribution in [0.4, 0.5) is 5.69 Å². The highest BCUT2D eigenvalue weighted by Crippen LogP contribution is 2.30. The molecule has 3 aromatic carbocycles. The molecule has 2 amide bonds. The molecule has 0 aromatic heterocycles. The van der Waals surface area contributed by atoms with Crippen LogP contribution in [0.2, 0.25) is 0 Å². The maximum Gasteiger partial charge on any atom is 0.286 e. The fourth-order valence-corrected chi connectivity index (χ4v) is 4.98. The van der Waals surface area contributed by atoms with E-state index >= 15 is 0 Å². The molecule has 0 fully saturated rings. The molecule has 10 heteroatoms. The van der Waals surface area contributed by atoms with Gasteiger partial charge in [-0.3, -0.25) is 9.59 Å². The number of alkyl halides is 1. The van der Waals surface area contributed by atoms with Crippen molar-refractivity contribution in [1.29, 1.82) is 0 Å². The smallest absolute Gasteiger partial charge is 0.286 e. The van der Waals surface area contributed by atoms with Crippen LogP contribution >= 0.6 is 23.4 Å². The van der Waals surface area contributed by atoms with Crippen molar-refractivity contribution in [3.63, 3.8) is 0 Å². The molecule has 0 aliphatic rings. The van der Waals surface area contributed by atoms with Gasteiger partial charge in [-0.15, -0.1) is 23.4 Å². The maximum absolute atomic E-state index is 12.9. The minimum absolute atomic E-state index is 0.165. The standard InChI is InChI=1S/C28H31ClN2O6S/c1-34-24-13-8-14-25(35-2)22(24)16-30-26(32)19-10-7-11-21(15-19)38-17-20-9-5-6-12-23(20)31-27(33)28(18-29,36-3)37-4/h5-15H,16-18H2,1-4H3,(H,30,32)(H,31,33). The summed E-state index contributed by atoms with van der Waals surface area (Å²) in [6, 6.07) is 20.3. The SMILES string of the molecule is COc1cccc(OC)c1CNC(=O)c1cccc(SCc2ccccc2NC(=O)C(CCl)(OC)OC)c1. The van der Waals surface area contributed by atoms with Crippen molar-refractivity contribution in [2.45, 2.75) is 23.0 Å². The fraction of sp³-hybridized carbons (Fsp3) is 0.286. The van der Waals surface area contributed by atoms with Crippen molar-refractivity contribution in [3.8, 4) is 11.5 Å². The van der Waals surface area contributed by atoms with Gasteiger partial charge in [-0.05, 0) is 42.0 Å². The van der Waals surface area contributed by atoms with Crippen molar-refractivity contribution in [2.75, 3.05) is 39.6 Å². The highest BCUT2D eigenvalue weighted by molar-refractivity contribution is 7.98. The van der Waals surface area contributed by atoms with E-state index in [0.717, 1.165) is 16.0 Å². The fourth-order valence-electron chi connectivity index (χ4n) is 3.69. The topological polar surface area (TPSA) is 95.1 Å². The molecule has 8 nitrogen and oxygen atoms in total. The molecule has 0 spiro atoms. The second-order valence-corrected chi connectivity index (χ2v) is 9.36. The number of thioether (sulfide) groups is 1.